The maximum Gasteiger partial charge on any atom is 0.263 e. The van der Waals surface area contributed by atoms with Crippen LogP contribution in [0, 0.1) is 0 Å². The van der Waals surface area contributed by atoms with Crippen molar-refractivity contribution in [1.29, 1.82) is 0 Å². The van der Waals surface area contributed by atoms with Crippen LogP contribution < -0.4 is 5.56 Å². The summed E-state index contributed by atoms with van der Waals surface area (Å²) in [5, 5.41) is 34.0. The molecule has 4 N–H and O–H groups in total. The monoisotopic (exact) mass is 314 g/mol. The van der Waals surface area contributed by atoms with Gasteiger partial charge in [0.1, 0.15) is 28.7 Å². The quantitative estimate of drug-likeness (QED) is 0.501. The van der Waals surface area contributed by atoms with Crippen LogP contribution in [0.3, 0.4) is 0 Å². The molecular weight excluding hydrogens is 300 g/mol. The molecule has 2 aromatic heterocycles. The summed E-state index contributed by atoms with van der Waals surface area (Å²) in [7, 11) is 0. The highest BCUT2D eigenvalue weighted by Gasteiger charge is 2.44. The highest BCUT2D eigenvalue weighted by atomic mass is 32.2. The molecule has 1 aliphatic rings. The summed E-state index contributed by atoms with van der Waals surface area (Å²) in [6.45, 7) is -0.433. The third-order valence-corrected chi connectivity index (χ3v) is 4.09. The number of hydrogen-bond acceptors (Lipinski definition) is 8. The van der Waals surface area contributed by atoms with Crippen molar-refractivity contribution < 1.29 is 20.1 Å². The van der Waals surface area contributed by atoms with Gasteiger partial charge in [-0.2, -0.15) is 5.10 Å². The van der Waals surface area contributed by atoms with Crippen LogP contribution in [0.5, 0.6) is 0 Å². The molecule has 0 aliphatic carbocycles. The minimum atomic E-state index is -1.28. The van der Waals surface area contributed by atoms with Crippen molar-refractivity contribution in [1.82, 2.24) is 19.7 Å². The number of ether oxygens (including phenoxy) is 1. The lowest BCUT2D eigenvalue weighted by Gasteiger charge is -2.15. The lowest BCUT2D eigenvalue weighted by Crippen LogP contribution is -2.33. The maximum atomic E-state index is 11.9. The third-order valence-electron chi connectivity index (χ3n) is 3.41. The Bertz CT molecular complexity index is 716. The topological polar surface area (TPSA) is 133 Å². The van der Waals surface area contributed by atoms with Gasteiger partial charge in [-0.05, 0) is 6.26 Å². The summed E-state index contributed by atoms with van der Waals surface area (Å²) in [5.74, 6) is 0. The van der Waals surface area contributed by atoms with Gasteiger partial charge in [0.05, 0.1) is 12.9 Å². The number of rotatable bonds is 3. The third kappa shape index (κ3) is 2.15. The fourth-order valence-corrected chi connectivity index (χ4v) is 2.91. The lowest BCUT2D eigenvalue weighted by molar-refractivity contribution is -0.0571. The minimum absolute atomic E-state index is 0.248. The molecule has 21 heavy (non-hydrogen) atoms. The number of fused-ring (bicyclic) bond motifs is 1. The Kier molecular flexibility index (Phi) is 3.71. The SMILES string of the molecule is CSc1nn(C2O[C@H](CO)[C@@H](O)[C@H]2O)c2nc[nH]c(=O)c12. The molecule has 1 fully saturated rings. The van der Waals surface area contributed by atoms with Crippen LogP contribution in [0.1, 0.15) is 6.23 Å². The standard InChI is InChI=1S/C11H14N4O5S/c1-21-10-5-8(12-3-13-9(5)19)15(14-10)11-7(18)6(17)4(2-16)20-11/h3-4,6-7,11,16-18H,2H2,1H3,(H,12,13,19)/t4-,6-,7-,11?/m1/s1. The molecule has 0 radical (unpaired) electrons. The minimum Gasteiger partial charge on any atom is -0.394 e. The van der Waals surface area contributed by atoms with E-state index in [0.717, 1.165) is 0 Å². The number of aliphatic hydroxyl groups excluding tert-OH is 3. The van der Waals surface area contributed by atoms with Crippen molar-refractivity contribution >= 4 is 22.8 Å². The number of aromatic amines is 1. The summed E-state index contributed by atoms with van der Waals surface area (Å²) < 4.78 is 6.68. The summed E-state index contributed by atoms with van der Waals surface area (Å²) >= 11 is 1.26. The van der Waals surface area contributed by atoms with E-state index in [4.69, 9.17) is 9.84 Å². The molecule has 10 heteroatoms. The number of aliphatic hydroxyl groups is 3. The Morgan fingerprint density at radius 3 is 2.86 bits per heavy atom. The Hall–Kier alpha value is -1.46. The molecule has 114 valence electrons. The summed E-state index contributed by atoms with van der Waals surface area (Å²) in [5.41, 5.74) is -0.0970. The van der Waals surface area contributed by atoms with Crippen LogP contribution in [0.2, 0.25) is 0 Å². The number of H-pyrrole nitrogens is 1. The summed E-state index contributed by atoms with van der Waals surface area (Å²) in [4.78, 5) is 18.4. The molecule has 9 nitrogen and oxygen atoms in total. The van der Waals surface area contributed by atoms with Crippen molar-refractivity contribution in [3.8, 4) is 0 Å². The zero-order chi connectivity index (χ0) is 15.1. The van der Waals surface area contributed by atoms with Gasteiger partial charge in [0.2, 0.25) is 0 Å². The molecule has 0 aromatic carbocycles. The van der Waals surface area contributed by atoms with E-state index in [0.29, 0.717) is 10.4 Å². The molecule has 3 heterocycles. The number of hydrogen-bond donors (Lipinski definition) is 4. The van der Waals surface area contributed by atoms with Gasteiger partial charge in [0.25, 0.3) is 5.56 Å². The van der Waals surface area contributed by atoms with E-state index >= 15 is 0 Å². The molecule has 0 spiro atoms. The zero-order valence-corrected chi connectivity index (χ0v) is 11.8. The Morgan fingerprint density at radius 2 is 2.24 bits per heavy atom. The van der Waals surface area contributed by atoms with Gasteiger partial charge in [0, 0.05) is 0 Å². The molecule has 0 amide bonds. The van der Waals surface area contributed by atoms with E-state index in [-0.39, 0.29) is 11.2 Å². The van der Waals surface area contributed by atoms with E-state index in [1.54, 1.807) is 6.26 Å². The number of nitrogens with one attached hydrogen (secondary N) is 1. The maximum absolute atomic E-state index is 11.9. The lowest BCUT2D eigenvalue weighted by atomic mass is 10.1. The van der Waals surface area contributed by atoms with Gasteiger partial charge in [0.15, 0.2) is 11.9 Å². The molecule has 0 saturated carbocycles. The second-order valence-corrected chi connectivity index (χ2v) is 5.41. The van der Waals surface area contributed by atoms with Crippen LogP contribution in [0.15, 0.2) is 16.1 Å². The molecule has 0 bridgehead atoms. The zero-order valence-electron chi connectivity index (χ0n) is 11.0. The second-order valence-electron chi connectivity index (χ2n) is 4.61. The van der Waals surface area contributed by atoms with Crippen LogP contribution in [0.25, 0.3) is 11.0 Å². The summed E-state index contributed by atoms with van der Waals surface area (Å²) in [6.07, 6.45) is -1.46. The normalized spacial score (nSPS) is 29.3. The molecular formula is C11H14N4O5S. The van der Waals surface area contributed by atoms with E-state index in [1.165, 1.54) is 22.8 Å². The molecule has 3 rings (SSSR count). The van der Waals surface area contributed by atoms with Gasteiger partial charge in [-0.25, -0.2) is 9.67 Å². The first-order chi connectivity index (χ1) is 10.1. The average Bonchev–Trinajstić information content (AvgIpc) is 2.99. The number of thioether (sulfide) groups is 1. The number of aromatic nitrogens is 4. The molecule has 2 aromatic rings. The van der Waals surface area contributed by atoms with E-state index in [2.05, 4.69) is 15.1 Å². The Morgan fingerprint density at radius 1 is 1.48 bits per heavy atom. The van der Waals surface area contributed by atoms with Crippen LogP contribution >= 0.6 is 11.8 Å². The number of nitrogens with zero attached hydrogens (tertiary/aromatic N) is 3. The van der Waals surface area contributed by atoms with Gasteiger partial charge >= 0.3 is 0 Å². The van der Waals surface area contributed by atoms with Crippen molar-refractivity contribution in [2.75, 3.05) is 12.9 Å². The Balaban J connectivity index is 2.14. The Labute approximate surface area is 122 Å². The van der Waals surface area contributed by atoms with Crippen molar-refractivity contribution in [2.24, 2.45) is 0 Å². The summed E-state index contributed by atoms with van der Waals surface area (Å²) in [6, 6.07) is 0. The van der Waals surface area contributed by atoms with Crippen molar-refractivity contribution in [2.45, 2.75) is 29.6 Å². The van der Waals surface area contributed by atoms with Crippen LogP contribution in [-0.2, 0) is 4.74 Å². The predicted molar refractivity (Wildman–Crippen MR) is 72.9 cm³/mol. The molecule has 1 aliphatic heterocycles. The largest absolute Gasteiger partial charge is 0.394 e. The van der Waals surface area contributed by atoms with Crippen LogP contribution in [0.4, 0.5) is 0 Å². The van der Waals surface area contributed by atoms with E-state index in [1.807, 2.05) is 0 Å². The van der Waals surface area contributed by atoms with Crippen molar-refractivity contribution in [3.05, 3.63) is 16.7 Å². The predicted octanol–water partition coefficient (Wildman–Crippen LogP) is -1.55. The second kappa shape index (κ2) is 5.39. The first-order valence-corrected chi connectivity index (χ1v) is 7.43. The molecule has 1 unspecified atom stereocenters. The van der Waals surface area contributed by atoms with Crippen LogP contribution in [-0.4, -0.2) is 66.2 Å². The fraction of sp³-hybridized carbons (Fsp3) is 0.545. The molecule has 4 atom stereocenters. The first-order valence-electron chi connectivity index (χ1n) is 6.20. The fourth-order valence-electron chi connectivity index (χ4n) is 2.35. The van der Waals surface area contributed by atoms with Gasteiger partial charge in [-0.3, -0.25) is 4.79 Å². The van der Waals surface area contributed by atoms with Gasteiger partial charge in [-0.15, -0.1) is 11.8 Å². The van der Waals surface area contributed by atoms with E-state index < -0.39 is 31.1 Å². The molecule has 1 saturated heterocycles. The van der Waals surface area contributed by atoms with Gasteiger partial charge < -0.3 is 25.0 Å². The highest BCUT2D eigenvalue weighted by Crippen LogP contribution is 2.32. The van der Waals surface area contributed by atoms with Crippen molar-refractivity contribution in [3.63, 3.8) is 0 Å². The smallest absolute Gasteiger partial charge is 0.263 e. The van der Waals surface area contributed by atoms with Gasteiger partial charge in [-0.1, -0.05) is 0 Å². The first kappa shape index (κ1) is 14.5. The highest BCUT2D eigenvalue weighted by molar-refractivity contribution is 7.98. The average molecular weight is 314 g/mol. The van der Waals surface area contributed by atoms with E-state index in [9.17, 15) is 15.0 Å².